The molecule has 2 aromatic rings. The zero-order chi connectivity index (χ0) is 16.7. The van der Waals surface area contributed by atoms with Gasteiger partial charge in [-0.25, -0.2) is 4.98 Å². The second kappa shape index (κ2) is 5.88. The van der Waals surface area contributed by atoms with Crippen molar-refractivity contribution in [3.63, 3.8) is 0 Å². The first-order valence-corrected chi connectivity index (χ1v) is 8.95. The molecule has 2 aliphatic rings. The Kier molecular flexibility index (Phi) is 3.83. The summed E-state index contributed by atoms with van der Waals surface area (Å²) in [5, 5.41) is 0. The number of likely N-dealkylation sites (tertiary alicyclic amines) is 1. The van der Waals surface area contributed by atoms with E-state index in [2.05, 4.69) is 23.7 Å². The van der Waals surface area contributed by atoms with Gasteiger partial charge in [-0.15, -0.1) is 0 Å². The number of hydrogen-bond acceptors (Lipinski definition) is 3. The number of fused-ring (bicyclic) bond motifs is 1. The van der Waals surface area contributed by atoms with Crippen molar-refractivity contribution < 1.29 is 9.53 Å². The minimum Gasteiger partial charge on any atom is -0.379 e. The van der Waals surface area contributed by atoms with Gasteiger partial charge in [0, 0.05) is 6.54 Å². The molecule has 3 heterocycles. The van der Waals surface area contributed by atoms with Crippen LogP contribution in [0.4, 0.5) is 0 Å². The number of amides is 1. The molecular weight excluding hydrogens is 302 g/mol. The molecule has 5 nitrogen and oxygen atoms in total. The Balaban J connectivity index is 1.67. The molecule has 5 heteroatoms. The number of nitrogens with zero attached hydrogens (tertiary/aromatic N) is 2. The Morgan fingerprint density at radius 3 is 2.79 bits per heavy atom. The van der Waals surface area contributed by atoms with Crippen LogP contribution in [0.15, 0.2) is 24.3 Å². The fraction of sp³-hybridized carbons (Fsp3) is 0.579. The van der Waals surface area contributed by atoms with Crippen LogP contribution >= 0.6 is 0 Å². The van der Waals surface area contributed by atoms with Crippen LogP contribution in [-0.4, -0.2) is 40.5 Å². The lowest BCUT2D eigenvalue weighted by atomic mass is 9.73. The average Bonchev–Trinajstić information content (AvgIpc) is 2.97. The molecule has 1 aromatic carbocycles. The number of rotatable bonds is 3. The molecule has 0 spiro atoms. The first kappa shape index (κ1) is 15.6. The first-order valence-electron chi connectivity index (χ1n) is 8.95. The van der Waals surface area contributed by atoms with Gasteiger partial charge in [0.05, 0.1) is 35.7 Å². The van der Waals surface area contributed by atoms with Gasteiger partial charge in [0.15, 0.2) is 0 Å². The standard InChI is InChI=1S/C19H25N3O2/c1-13(2)19(11-24-12-19)18(23)22-10-6-5-9-16(22)17-20-14-7-3-4-8-15(14)21-17/h3-4,7-8,13,16H,5-6,9-12H2,1-2H3,(H,20,21). The molecule has 1 atom stereocenters. The van der Waals surface area contributed by atoms with E-state index in [0.717, 1.165) is 42.7 Å². The molecule has 1 amide bonds. The molecule has 128 valence electrons. The third-order valence-electron chi connectivity index (χ3n) is 5.74. The zero-order valence-corrected chi connectivity index (χ0v) is 14.4. The minimum absolute atomic E-state index is 0.0508. The predicted molar refractivity (Wildman–Crippen MR) is 92.5 cm³/mol. The van der Waals surface area contributed by atoms with Gasteiger partial charge in [0.25, 0.3) is 0 Å². The van der Waals surface area contributed by atoms with E-state index in [9.17, 15) is 4.79 Å². The summed E-state index contributed by atoms with van der Waals surface area (Å²) < 4.78 is 5.43. The summed E-state index contributed by atoms with van der Waals surface area (Å²) in [7, 11) is 0. The van der Waals surface area contributed by atoms with Crippen molar-refractivity contribution in [3.05, 3.63) is 30.1 Å². The molecule has 0 radical (unpaired) electrons. The summed E-state index contributed by atoms with van der Waals surface area (Å²) in [4.78, 5) is 23.6. The molecule has 1 aromatic heterocycles. The number of benzene rings is 1. The number of H-pyrrole nitrogens is 1. The number of carbonyl (C=O) groups is 1. The van der Waals surface area contributed by atoms with Crippen molar-refractivity contribution in [2.45, 2.75) is 39.2 Å². The van der Waals surface area contributed by atoms with Crippen LogP contribution in [0.25, 0.3) is 11.0 Å². The number of aromatic nitrogens is 2. The van der Waals surface area contributed by atoms with E-state index in [1.807, 2.05) is 24.3 Å². The van der Waals surface area contributed by atoms with E-state index in [0.29, 0.717) is 13.2 Å². The molecule has 0 bridgehead atoms. The van der Waals surface area contributed by atoms with Crippen molar-refractivity contribution in [1.29, 1.82) is 0 Å². The van der Waals surface area contributed by atoms with E-state index in [1.54, 1.807) is 0 Å². The van der Waals surface area contributed by atoms with Gasteiger partial charge >= 0.3 is 0 Å². The summed E-state index contributed by atoms with van der Waals surface area (Å²) >= 11 is 0. The van der Waals surface area contributed by atoms with Gasteiger partial charge in [-0.2, -0.15) is 0 Å². The number of imidazole rings is 1. The third kappa shape index (κ3) is 2.34. The predicted octanol–water partition coefficient (Wildman–Crippen LogP) is 3.29. The lowest BCUT2D eigenvalue weighted by Crippen LogP contribution is -2.59. The molecule has 0 aliphatic carbocycles. The SMILES string of the molecule is CC(C)C1(C(=O)N2CCCCC2c2nc3ccccc3[nH]2)COC1. The van der Waals surface area contributed by atoms with Gasteiger partial charge < -0.3 is 14.6 Å². The summed E-state index contributed by atoms with van der Waals surface area (Å²) in [5.74, 6) is 1.45. The van der Waals surface area contributed by atoms with Crippen LogP contribution < -0.4 is 0 Å². The summed E-state index contributed by atoms with van der Waals surface area (Å²) in [5.41, 5.74) is 1.66. The van der Waals surface area contributed by atoms with Crippen LogP contribution in [0.1, 0.15) is 45.0 Å². The van der Waals surface area contributed by atoms with E-state index < -0.39 is 0 Å². The second-order valence-electron chi connectivity index (χ2n) is 7.45. The van der Waals surface area contributed by atoms with Crippen molar-refractivity contribution in [2.24, 2.45) is 11.3 Å². The zero-order valence-electron chi connectivity index (χ0n) is 14.4. The highest BCUT2D eigenvalue weighted by Gasteiger charge is 2.51. The minimum atomic E-state index is -0.346. The van der Waals surface area contributed by atoms with Gasteiger partial charge in [0.2, 0.25) is 5.91 Å². The number of ether oxygens (including phenoxy) is 1. The highest BCUT2D eigenvalue weighted by atomic mass is 16.5. The average molecular weight is 327 g/mol. The highest BCUT2D eigenvalue weighted by Crippen LogP contribution is 2.41. The normalized spacial score (nSPS) is 23.5. The maximum absolute atomic E-state index is 13.3. The fourth-order valence-corrected chi connectivity index (χ4v) is 3.90. The van der Waals surface area contributed by atoms with Gasteiger partial charge in [-0.1, -0.05) is 26.0 Å². The molecule has 2 fully saturated rings. The lowest BCUT2D eigenvalue weighted by Gasteiger charge is -2.48. The van der Waals surface area contributed by atoms with Crippen molar-refractivity contribution in [2.75, 3.05) is 19.8 Å². The van der Waals surface area contributed by atoms with Crippen molar-refractivity contribution in [3.8, 4) is 0 Å². The maximum atomic E-state index is 13.3. The molecule has 1 unspecified atom stereocenters. The molecular formula is C19H25N3O2. The Morgan fingerprint density at radius 1 is 1.33 bits per heavy atom. The summed E-state index contributed by atoms with van der Waals surface area (Å²) in [6.45, 7) is 6.16. The molecule has 2 saturated heterocycles. The topological polar surface area (TPSA) is 58.2 Å². The fourth-order valence-electron chi connectivity index (χ4n) is 3.90. The lowest BCUT2D eigenvalue weighted by molar-refractivity contribution is -0.186. The van der Waals surface area contributed by atoms with E-state index in [-0.39, 0.29) is 23.3 Å². The quantitative estimate of drug-likeness (QED) is 0.941. The smallest absolute Gasteiger partial charge is 0.234 e. The number of aromatic amines is 1. The Bertz CT molecular complexity index is 715. The Morgan fingerprint density at radius 2 is 2.12 bits per heavy atom. The van der Waals surface area contributed by atoms with Gasteiger partial charge in [0.1, 0.15) is 5.82 Å². The van der Waals surface area contributed by atoms with E-state index >= 15 is 0 Å². The molecule has 1 N–H and O–H groups in total. The van der Waals surface area contributed by atoms with Gasteiger partial charge in [-0.3, -0.25) is 4.79 Å². The molecule has 4 rings (SSSR count). The van der Waals surface area contributed by atoms with Gasteiger partial charge in [-0.05, 0) is 37.3 Å². The van der Waals surface area contributed by atoms with Crippen LogP contribution in [0, 0.1) is 11.3 Å². The molecule has 24 heavy (non-hydrogen) atoms. The van der Waals surface area contributed by atoms with Crippen molar-refractivity contribution >= 4 is 16.9 Å². The van der Waals surface area contributed by atoms with Crippen molar-refractivity contribution in [1.82, 2.24) is 14.9 Å². The third-order valence-corrected chi connectivity index (χ3v) is 5.74. The highest BCUT2D eigenvalue weighted by molar-refractivity contribution is 5.85. The van der Waals surface area contributed by atoms with Crippen LogP contribution in [0.3, 0.4) is 0 Å². The summed E-state index contributed by atoms with van der Waals surface area (Å²) in [6.07, 6.45) is 3.18. The van der Waals surface area contributed by atoms with Crippen LogP contribution in [0.5, 0.6) is 0 Å². The molecule has 0 saturated carbocycles. The number of carbonyl (C=O) groups excluding carboxylic acids is 1. The number of nitrogens with one attached hydrogen (secondary N) is 1. The number of para-hydroxylation sites is 2. The second-order valence-corrected chi connectivity index (χ2v) is 7.45. The van der Waals surface area contributed by atoms with Crippen LogP contribution in [0.2, 0.25) is 0 Å². The van der Waals surface area contributed by atoms with E-state index in [1.165, 1.54) is 0 Å². The van der Waals surface area contributed by atoms with Crippen LogP contribution in [-0.2, 0) is 9.53 Å². The Labute approximate surface area is 142 Å². The number of piperidine rings is 1. The maximum Gasteiger partial charge on any atom is 0.234 e. The number of hydrogen-bond donors (Lipinski definition) is 1. The molecule has 2 aliphatic heterocycles. The monoisotopic (exact) mass is 327 g/mol. The Hall–Kier alpha value is -1.88. The largest absolute Gasteiger partial charge is 0.379 e. The first-order chi connectivity index (χ1) is 11.6. The van der Waals surface area contributed by atoms with E-state index in [4.69, 9.17) is 9.72 Å². The summed E-state index contributed by atoms with van der Waals surface area (Å²) in [6, 6.07) is 8.11.